The fourth-order valence-corrected chi connectivity index (χ4v) is 2.31. The molecule has 7 nitrogen and oxygen atoms in total. The maximum absolute atomic E-state index is 12.1. The molecule has 2 N–H and O–H groups in total. The SMILES string of the molecule is CCOc1ccccc1C(=O)NCC(=O)Nc1nnc(C)s1. The van der Waals surface area contributed by atoms with Gasteiger partial charge in [-0.2, -0.15) is 0 Å². The Labute approximate surface area is 131 Å². The number of rotatable bonds is 6. The normalized spacial score (nSPS) is 10.1. The van der Waals surface area contributed by atoms with Gasteiger partial charge in [0.15, 0.2) is 0 Å². The van der Waals surface area contributed by atoms with Crippen LogP contribution < -0.4 is 15.4 Å². The molecule has 0 unspecified atom stereocenters. The van der Waals surface area contributed by atoms with Gasteiger partial charge in [0.05, 0.1) is 18.7 Å². The third-order valence-corrected chi connectivity index (χ3v) is 3.37. The maximum Gasteiger partial charge on any atom is 0.255 e. The Balaban J connectivity index is 1.91. The number of nitrogens with one attached hydrogen (secondary N) is 2. The fourth-order valence-electron chi connectivity index (χ4n) is 1.70. The summed E-state index contributed by atoms with van der Waals surface area (Å²) in [7, 11) is 0. The number of hydrogen-bond acceptors (Lipinski definition) is 6. The summed E-state index contributed by atoms with van der Waals surface area (Å²) in [4.78, 5) is 23.9. The van der Waals surface area contributed by atoms with E-state index in [2.05, 4.69) is 20.8 Å². The molecule has 2 rings (SSSR count). The number of hydrogen-bond donors (Lipinski definition) is 2. The maximum atomic E-state index is 12.1. The lowest BCUT2D eigenvalue weighted by Gasteiger charge is -2.10. The van der Waals surface area contributed by atoms with Crippen molar-refractivity contribution in [1.29, 1.82) is 0 Å². The minimum Gasteiger partial charge on any atom is -0.493 e. The molecule has 0 bridgehead atoms. The number of anilines is 1. The van der Waals surface area contributed by atoms with Crippen LogP contribution in [-0.2, 0) is 4.79 Å². The van der Waals surface area contributed by atoms with Gasteiger partial charge in [-0.3, -0.25) is 14.9 Å². The minimum absolute atomic E-state index is 0.155. The lowest BCUT2D eigenvalue weighted by molar-refractivity contribution is -0.115. The Morgan fingerprint density at radius 2 is 2.05 bits per heavy atom. The molecule has 116 valence electrons. The zero-order valence-electron chi connectivity index (χ0n) is 12.3. The minimum atomic E-state index is -0.368. The lowest BCUT2D eigenvalue weighted by Crippen LogP contribution is -2.33. The third-order valence-electron chi connectivity index (χ3n) is 2.61. The average molecular weight is 320 g/mol. The Morgan fingerprint density at radius 3 is 2.73 bits per heavy atom. The first-order valence-corrected chi connectivity index (χ1v) is 7.51. The number of carbonyl (C=O) groups excluding carboxylic acids is 2. The predicted molar refractivity (Wildman–Crippen MR) is 83.2 cm³/mol. The highest BCUT2D eigenvalue weighted by Crippen LogP contribution is 2.17. The summed E-state index contributed by atoms with van der Waals surface area (Å²) in [6.45, 7) is 3.94. The number of nitrogens with zero attached hydrogens (tertiary/aromatic N) is 2. The van der Waals surface area contributed by atoms with E-state index in [1.165, 1.54) is 11.3 Å². The number of carbonyl (C=O) groups is 2. The van der Waals surface area contributed by atoms with Crippen LogP contribution in [0.2, 0.25) is 0 Å². The molecule has 1 aromatic heterocycles. The summed E-state index contributed by atoms with van der Waals surface area (Å²) in [6.07, 6.45) is 0. The van der Waals surface area contributed by atoms with E-state index in [-0.39, 0.29) is 18.4 Å². The van der Waals surface area contributed by atoms with Crippen molar-refractivity contribution in [1.82, 2.24) is 15.5 Å². The molecular weight excluding hydrogens is 304 g/mol. The van der Waals surface area contributed by atoms with Crippen LogP contribution in [0.25, 0.3) is 0 Å². The number of aryl methyl sites for hydroxylation is 1. The van der Waals surface area contributed by atoms with Crippen molar-refractivity contribution in [2.75, 3.05) is 18.5 Å². The number of amides is 2. The second-order valence-corrected chi connectivity index (χ2v) is 5.47. The van der Waals surface area contributed by atoms with Gasteiger partial charge in [0.1, 0.15) is 10.8 Å². The Bertz CT molecular complexity index is 672. The first-order chi connectivity index (χ1) is 10.6. The van der Waals surface area contributed by atoms with Crippen molar-refractivity contribution in [2.45, 2.75) is 13.8 Å². The van der Waals surface area contributed by atoms with Gasteiger partial charge in [-0.25, -0.2) is 0 Å². The molecule has 0 saturated heterocycles. The number of para-hydroxylation sites is 1. The highest BCUT2D eigenvalue weighted by atomic mass is 32.1. The second-order valence-electron chi connectivity index (χ2n) is 4.29. The van der Waals surface area contributed by atoms with Crippen molar-refractivity contribution in [2.24, 2.45) is 0 Å². The smallest absolute Gasteiger partial charge is 0.255 e. The second kappa shape index (κ2) is 7.51. The number of benzene rings is 1. The summed E-state index contributed by atoms with van der Waals surface area (Å²) in [6, 6.07) is 6.88. The molecule has 2 amide bonds. The molecule has 0 spiro atoms. The third kappa shape index (κ3) is 4.26. The van der Waals surface area contributed by atoms with Gasteiger partial charge in [0.25, 0.3) is 5.91 Å². The molecule has 22 heavy (non-hydrogen) atoms. The molecule has 0 fully saturated rings. The van der Waals surface area contributed by atoms with Crippen molar-refractivity contribution >= 4 is 28.3 Å². The summed E-state index contributed by atoms with van der Waals surface area (Å²) in [5, 5.41) is 13.9. The first-order valence-electron chi connectivity index (χ1n) is 6.70. The van der Waals surface area contributed by atoms with Gasteiger partial charge in [-0.1, -0.05) is 23.5 Å². The molecule has 1 aromatic carbocycles. The van der Waals surface area contributed by atoms with Gasteiger partial charge in [0, 0.05) is 0 Å². The quantitative estimate of drug-likeness (QED) is 0.843. The van der Waals surface area contributed by atoms with Crippen LogP contribution in [0.3, 0.4) is 0 Å². The molecule has 0 aliphatic carbocycles. The van der Waals surface area contributed by atoms with E-state index in [1.807, 2.05) is 6.92 Å². The largest absolute Gasteiger partial charge is 0.493 e. The van der Waals surface area contributed by atoms with Crippen molar-refractivity contribution in [3.8, 4) is 5.75 Å². The van der Waals surface area contributed by atoms with Crippen molar-refractivity contribution in [3.63, 3.8) is 0 Å². The molecule has 0 saturated carbocycles. The van der Waals surface area contributed by atoms with Crippen LogP contribution in [-0.4, -0.2) is 35.2 Å². The molecular formula is C14H16N4O3S. The lowest BCUT2D eigenvalue weighted by atomic mass is 10.2. The van der Waals surface area contributed by atoms with E-state index in [4.69, 9.17) is 4.74 Å². The van der Waals surface area contributed by atoms with E-state index in [1.54, 1.807) is 31.2 Å². The average Bonchev–Trinajstić information content (AvgIpc) is 2.91. The van der Waals surface area contributed by atoms with E-state index >= 15 is 0 Å². The Morgan fingerprint density at radius 1 is 1.27 bits per heavy atom. The molecule has 0 aliphatic rings. The van der Waals surface area contributed by atoms with E-state index in [9.17, 15) is 9.59 Å². The van der Waals surface area contributed by atoms with Crippen LogP contribution in [0.15, 0.2) is 24.3 Å². The van der Waals surface area contributed by atoms with E-state index in [0.717, 1.165) is 5.01 Å². The Hall–Kier alpha value is -2.48. The monoisotopic (exact) mass is 320 g/mol. The summed E-state index contributed by atoms with van der Waals surface area (Å²) in [5.74, 6) is -0.242. The molecule has 0 aliphatic heterocycles. The van der Waals surface area contributed by atoms with Gasteiger partial charge < -0.3 is 10.1 Å². The number of aromatic nitrogens is 2. The molecule has 2 aromatic rings. The predicted octanol–water partition coefficient (Wildman–Crippen LogP) is 1.61. The summed E-state index contributed by atoms with van der Waals surface area (Å²) < 4.78 is 5.39. The van der Waals surface area contributed by atoms with Crippen molar-refractivity contribution < 1.29 is 14.3 Å². The van der Waals surface area contributed by atoms with Crippen LogP contribution >= 0.6 is 11.3 Å². The van der Waals surface area contributed by atoms with E-state index in [0.29, 0.717) is 23.1 Å². The van der Waals surface area contributed by atoms with E-state index < -0.39 is 0 Å². The van der Waals surface area contributed by atoms with Crippen LogP contribution in [0, 0.1) is 6.92 Å². The molecule has 0 atom stereocenters. The topological polar surface area (TPSA) is 93.2 Å². The first kappa shape index (κ1) is 15.9. The highest BCUT2D eigenvalue weighted by molar-refractivity contribution is 7.15. The van der Waals surface area contributed by atoms with Crippen LogP contribution in [0.4, 0.5) is 5.13 Å². The molecule has 1 heterocycles. The summed E-state index contributed by atoms with van der Waals surface area (Å²) in [5.41, 5.74) is 0.393. The van der Waals surface area contributed by atoms with Crippen molar-refractivity contribution in [3.05, 3.63) is 34.8 Å². The van der Waals surface area contributed by atoms with Crippen LogP contribution in [0.1, 0.15) is 22.3 Å². The zero-order chi connectivity index (χ0) is 15.9. The van der Waals surface area contributed by atoms with Gasteiger partial charge in [0.2, 0.25) is 11.0 Å². The molecule has 8 heteroatoms. The zero-order valence-corrected chi connectivity index (χ0v) is 13.1. The van der Waals surface area contributed by atoms with Gasteiger partial charge in [-0.05, 0) is 26.0 Å². The van der Waals surface area contributed by atoms with Gasteiger partial charge >= 0.3 is 0 Å². The highest BCUT2D eigenvalue weighted by Gasteiger charge is 2.13. The Kier molecular flexibility index (Phi) is 5.42. The molecule has 0 radical (unpaired) electrons. The summed E-state index contributed by atoms with van der Waals surface area (Å²) >= 11 is 1.27. The van der Waals surface area contributed by atoms with Gasteiger partial charge in [-0.15, -0.1) is 10.2 Å². The van der Waals surface area contributed by atoms with Crippen LogP contribution in [0.5, 0.6) is 5.75 Å². The number of ether oxygens (including phenoxy) is 1. The fraction of sp³-hybridized carbons (Fsp3) is 0.286. The standard InChI is InChI=1S/C14H16N4O3S/c1-3-21-11-7-5-4-6-10(11)13(20)15-8-12(19)16-14-18-17-9(2)22-14/h4-7H,3,8H2,1-2H3,(H,15,20)(H,16,18,19).